The maximum atomic E-state index is 12.3. The fraction of sp³-hybridized carbons (Fsp3) is 0.625. The minimum absolute atomic E-state index is 0.173. The van der Waals surface area contributed by atoms with Crippen LogP contribution in [0.25, 0.3) is 0 Å². The Balaban J connectivity index is 2.35. The molecule has 0 aliphatic heterocycles. The third-order valence-electron chi connectivity index (χ3n) is 4.42. The summed E-state index contributed by atoms with van der Waals surface area (Å²) >= 11 is 0. The average molecular weight is 420 g/mol. The van der Waals surface area contributed by atoms with Crippen LogP contribution < -0.4 is 5.32 Å². The van der Waals surface area contributed by atoms with Crippen LogP contribution >= 0.6 is 0 Å². The first-order valence-corrected chi connectivity index (χ1v) is 10.9. The van der Waals surface area contributed by atoms with Gasteiger partial charge < -0.3 is 14.8 Å². The molecule has 0 saturated heterocycles. The molecule has 6 heteroatoms. The van der Waals surface area contributed by atoms with Gasteiger partial charge in [0.2, 0.25) is 5.78 Å². The van der Waals surface area contributed by atoms with E-state index >= 15 is 0 Å². The lowest BCUT2D eigenvalue weighted by molar-refractivity contribution is -0.160. The van der Waals surface area contributed by atoms with Gasteiger partial charge in [0, 0.05) is 6.42 Å². The number of aryl methyl sites for hydroxylation is 1. The van der Waals surface area contributed by atoms with Crippen molar-refractivity contribution >= 4 is 17.7 Å². The second-order valence-corrected chi connectivity index (χ2v) is 8.53. The summed E-state index contributed by atoms with van der Waals surface area (Å²) < 4.78 is 10.6. The number of ether oxygens (including phenoxy) is 2. The molecule has 30 heavy (non-hydrogen) atoms. The lowest BCUT2D eigenvalue weighted by atomic mass is 10.1. The Labute approximate surface area is 180 Å². The van der Waals surface area contributed by atoms with E-state index in [9.17, 15) is 14.4 Å². The standard InChI is InChI=1S/C24H37NO5/c1-5-6-15-20(17-29-18-22(27)30-24(2,3)4)25-23(28)21(26)16-11-10-14-19-12-8-7-9-13-19/h7-9,12-13,20H,5-6,10-11,14-18H2,1-4H3,(H,25,28)/t20-/m0/s1. The van der Waals surface area contributed by atoms with Crippen molar-refractivity contribution < 1.29 is 23.9 Å². The number of carbonyl (C=O) groups is 3. The quantitative estimate of drug-likeness (QED) is 0.280. The van der Waals surface area contributed by atoms with E-state index in [1.807, 2.05) is 18.2 Å². The molecule has 0 aromatic heterocycles. The average Bonchev–Trinajstić information content (AvgIpc) is 2.68. The van der Waals surface area contributed by atoms with Crippen molar-refractivity contribution in [1.82, 2.24) is 5.32 Å². The summed E-state index contributed by atoms with van der Waals surface area (Å²) in [6.07, 6.45) is 5.22. The highest BCUT2D eigenvalue weighted by Crippen LogP contribution is 2.09. The Hall–Kier alpha value is -2.21. The van der Waals surface area contributed by atoms with Crippen molar-refractivity contribution in [2.24, 2.45) is 0 Å². The third kappa shape index (κ3) is 12.4. The molecule has 1 atom stereocenters. The van der Waals surface area contributed by atoms with Gasteiger partial charge in [-0.2, -0.15) is 0 Å². The van der Waals surface area contributed by atoms with Crippen molar-refractivity contribution in [3.63, 3.8) is 0 Å². The molecule has 1 amide bonds. The lowest BCUT2D eigenvalue weighted by Gasteiger charge is -2.21. The van der Waals surface area contributed by atoms with Crippen LogP contribution in [0.2, 0.25) is 0 Å². The molecule has 0 bridgehead atoms. The predicted octanol–water partition coefficient (Wildman–Crippen LogP) is 4.00. The van der Waals surface area contributed by atoms with E-state index in [1.165, 1.54) is 5.56 Å². The Morgan fingerprint density at radius 2 is 1.73 bits per heavy atom. The van der Waals surface area contributed by atoms with Gasteiger partial charge in [-0.3, -0.25) is 9.59 Å². The van der Waals surface area contributed by atoms with Gasteiger partial charge in [-0.1, -0.05) is 50.1 Å². The van der Waals surface area contributed by atoms with E-state index in [4.69, 9.17) is 9.47 Å². The number of carbonyl (C=O) groups excluding carboxylic acids is 3. The van der Waals surface area contributed by atoms with E-state index < -0.39 is 23.3 Å². The number of hydrogen-bond donors (Lipinski definition) is 1. The van der Waals surface area contributed by atoms with Gasteiger partial charge in [0.1, 0.15) is 12.2 Å². The van der Waals surface area contributed by atoms with Crippen LogP contribution in [-0.4, -0.2) is 42.5 Å². The van der Waals surface area contributed by atoms with E-state index in [0.29, 0.717) is 12.8 Å². The number of esters is 1. The summed E-state index contributed by atoms with van der Waals surface area (Å²) in [6, 6.07) is 9.79. The first-order chi connectivity index (χ1) is 14.2. The normalized spacial score (nSPS) is 12.3. The molecule has 168 valence electrons. The highest BCUT2D eigenvalue weighted by atomic mass is 16.6. The van der Waals surface area contributed by atoms with Crippen LogP contribution in [0.15, 0.2) is 30.3 Å². The van der Waals surface area contributed by atoms with Crippen LogP contribution in [0.1, 0.15) is 71.8 Å². The number of nitrogens with one attached hydrogen (secondary N) is 1. The molecule has 1 rings (SSSR count). The number of hydrogen-bond acceptors (Lipinski definition) is 5. The molecule has 0 fully saturated rings. The smallest absolute Gasteiger partial charge is 0.332 e. The molecule has 0 saturated carbocycles. The van der Waals surface area contributed by atoms with Gasteiger partial charge in [0.05, 0.1) is 12.6 Å². The Morgan fingerprint density at radius 3 is 2.37 bits per heavy atom. The van der Waals surface area contributed by atoms with Gasteiger partial charge in [0.25, 0.3) is 5.91 Å². The molecule has 1 aromatic carbocycles. The summed E-state index contributed by atoms with van der Waals surface area (Å²) in [4.78, 5) is 36.2. The molecule has 0 heterocycles. The zero-order chi connectivity index (χ0) is 22.4. The fourth-order valence-electron chi connectivity index (χ4n) is 2.94. The SMILES string of the molecule is CCCC[C@@H](COCC(=O)OC(C)(C)C)NC(=O)C(=O)CCCCc1ccccc1. The molecule has 1 N–H and O–H groups in total. The zero-order valence-corrected chi connectivity index (χ0v) is 18.9. The highest BCUT2D eigenvalue weighted by Gasteiger charge is 2.20. The minimum Gasteiger partial charge on any atom is -0.458 e. The van der Waals surface area contributed by atoms with Crippen LogP contribution in [0.4, 0.5) is 0 Å². The molecular weight excluding hydrogens is 382 g/mol. The summed E-state index contributed by atoms with van der Waals surface area (Å²) in [6.45, 7) is 7.43. The van der Waals surface area contributed by atoms with Crippen molar-refractivity contribution in [3.05, 3.63) is 35.9 Å². The number of rotatable bonds is 14. The second-order valence-electron chi connectivity index (χ2n) is 8.53. The maximum absolute atomic E-state index is 12.3. The van der Waals surface area contributed by atoms with Crippen LogP contribution in [0.3, 0.4) is 0 Å². The summed E-state index contributed by atoms with van der Waals surface area (Å²) in [7, 11) is 0. The third-order valence-corrected chi connectivity index (χ3v) is 4.42. The highest BCUT2D eigenvalue weighted by molar-refractivity contribution is 6.36. The molecular formula is C24H37NO5. The molecule has 1 aromatic rings. The van der Waals surface area contributed by atoms with Crippen molar-refractivity contribution in [1.29, 1.82) is 0 Å². The number of ketones is 1. The lowest BCUT2D eigenvalue weighted by Crippen LogP contribution is -2.42. The number of Topliss-reactive ketones (excluding diaryl/α,β-unsaturated/α-hetero) is 1. The van der Waals surface area contributed by atoms with Crippen molar-refractivity contribution in [3.8, 4) is 0 Å². The molecule has 0 unspecified atom stereocenters. The van der Waals surface area contributed by atoms with Gasteiger partial charge in [-0.25, -0.2) is 4.79 Å². The van der Waals surface area contributed by atoms with Gasteiger partial charge >= 0.3 is 5.97 Å². The van der Waals surface area contributed by atoms with Crippen molar-refractivity contribution in [2.75, 3.05) is 13.2 Å². The molecule has 0 aliphatic rings. The van der Waals surface area contributed by atoms with Crippen LogP contribution in [-0.2, 0) is 30.3 Å². The zero-order valence-electron chi connectivity index (χ0n) is 18.9. The topological polar surface area (TPSA) is 81.7 Å². The molecule has 0 radical (unpaired) electrons. The second kappa shape index (κ2) is 13.9. The summed E-state index contributed by atoms with van der Waals surface area (Å²) in [5.74, 6) is -1.43. The van der Waals surface area contributed by atoms with Gasteiger partial charge in [0.15, 0.2) is 0 Å². The Kier molecular flexibility index (Phi) is 12.0. The number of benzene rings is 1. The monoisotopic (exact) mass is 419 g/mol. The van der Waals surface area contributed by atoms with E-state index in [1.54, 1.807) is 20.8 Å². The Bertz CT molecular complexity index is 651. The largest absolute Gasteiger partial charge is 0.458 e. The first-order valence-electron chi connectivity index (χ1n) is 10.9. The van der Waals surface area contributed by atoms with Crippen molar-refractivity contribution in [2.45, 2.75) is 84.3 Å². The number of unbranched alkanes of at least 4 members (excludes halogenated alkanes) is 2. The Morgan fingerprint density at radius 1 is 1.03 bits per heavy atom. The van der Waals surface area contributed by atoms with Gasteiger partial charge in [-0.05, 0) is 52.0 Å². The summed E-state index contributed by atoms with van der Waals surface area (Å²) in [5, 5.41) is 2.77. The van der Waals surface area contributed by atoms with Crippen LogP contribution in [0, 0.1) is 0 Å². The van der Waals surface area contributed by atoms with E-state index in [0.717, 1.165) is 25.7 Å². The molecule has 0 aliphatic carbocycles. The first kappa shape index (κ1) is 25.8. The van der Waals surface area contributed by atoms with Gasteiger partial charge in [-0.15, -0.1) is 0 Å². The predicted molar refractivity (Wildman–Crippen MR) is 117 cm³/mol. The van der Waals surface area contributed by atoms with Crippen LogP contribution in [0.5, 0.6) is 0 Å². The molecule has 6 nitrogen and oxygen atoms in total. The summed E-state index contributed by atoms with van der Waals surface area (Å²) in [5.41, 5.74) is 0.666. The van der Waals surface area contributed by atoms with E-state index in [2.05, 4.69) is 24.4 Å². The minimum atomic E-state index is -0.573. The maximum Gasteiger partial charge on any atom is 0.332 e. The van der Waals surface area contributed by atoms with E-state index in [-0.39, 0.29) is 25.7 Å². The number of amides is 1. The molecule has 0 spiro atoms. The fourth-order valence-corrected chi connectivity index (χ4v) is 2.94.